The van der Waals surface area contributed by atoms with Crippen molar-refractivity contribution in [2.45, 2.75) is 32.1 Å². The minimum Gasteiger partial charge on any atom is -0.493 e. The number of hydrogen-bond donors (Lipinski definition) is 1. The Balaban J connectivity index is 1.54. The summed E-state index contributed by atoms with van der Waals surface area (Å²) in [5, 5.41) is 2.98. The number of amides is 2. The zero-order valence-corrected chi connectivity index (χ0v) is 18.8. The Bertz CT molecular complexity index is 981. The summed E-state index contributed by atoms with van der Waals surface area (Å²) >= 11 is 0. The summed E-state index contributed by atoms with van der Waals surface area (Å²) in [4.78, 5) is 28.7. The number of nitrogens with one attached hydrogen (secondary N) is 1. The van der Waals surface area contributed by atoms with E-state index in [1.165, 1.54) is 26.9 Å². The van der Waals surface area contributed by atoms with Crippen molar-refractivity contribution in [1.82, 2.24) is 0 Å². The third-order valence-electron chi connectivity index (χ3n) is 6.51. The molecule has 2 atom stereocenters. The Morgan fingerprint density at radius 2 is 1.59 bits per heavy atom. The molecule has 2 aromatic rings. The highest BCUT2D eigenvalue weighted by atomic mass is 16.5. The fourth-order valence-corrected chi connectivity index (χ4v) is 4.90. The van der Waals surface area contributed by atoms with Gasteiger partial charge in [-0.1, -0.05) is 31.0 Å². The first-order valence-corrected chi connectivity index (χ1v) is 11.1. The van der Waals surface area contributed by atoms with E-state index >= 15 is 0 Å². The van der Waals surface area contributed by atoms with Gasteiger partial charge in [0, 0.05) is 36.0 Å². The highest BCUT2D eigenvalue weighted by Crippen LogP contribution is 2.41. The maximum atomic E-state index is 13.5. The van der Waals surface area contributed by atoms with Crippen molar-refractivity contribution in [3.05, 3.63) is 42.0 Å². The smallest absolute Gasteiger partial charge is 0.230 e. The molecule has 1 aliphatic carbocycles. The second-order valence-corrected chi connectivity index (χ2v) is 8.27. The molecule has 0 unspecified atom stereocenters. The van der Waals surface area contributed by atoms with Gasteiger partial charge in [0.1, 0.15) is 0 Å². The van der Waals surface area contributed by atoms with E-state index in [4.69, 9.17) is 14.2 Å². The first-order valence-electron chi connectivity index (χ1n) is 11.1. The summed E-state index contributed by atoms with van der Waals surface area (Å²) < 4.78 is 16.1. The third kappa shape index (κ3) is 4.11. The molecule has 0 bridgehead atoms. The quantitative estimate of drug-likeness (QED) is 0.736. The van der Waals surface area contributed by atoms with Crippen LogP contribution in [-0.4, -0.2) is 39.7 Å². The fraction of sp³-hybridized carbons (Fsp3) is 0.440. The Hall–Kier alpha value is -3.22. The lowest BCUT2D eigenvalue weighted by Gasteiger charge is -2.32. The summed E-state index contributed by atoms with van der Waals surface area (Å²) in [6.07, 6.45) is 4.18. The molecule has 2 amide bonds. The van der Waals surface area contributed by atoms with Crippen LogP contribution >= 0.6 is 0 Å². The van der Waals surface area contributed by atoms with E-state index < -0.39 is 0 Å². The fourth-order valence-electron chi connectivity index (χ4n) is 4.90. The van der Waals surface area contributed by atoms with Crippen LogP contribution in [-0.2, 0) is 16.0 Å². The van der Waals surface area contributed by atoms with Crippen LogP contribution in [0, 0.1) is 11.8 Å². The molecular formula is C25H30N2O5. The number of para-hydroxylation sites is 1. The molecule has 1 N–H and O–H groups in total. The minimum absolute atomic E-state index is 0.0553. The number of methoxy groups -OCH3 is 3. The van der Waals surface area contributed by atoms with Gasteiger partial charge in [-0.15, -0.1) is 0 Å². The number of ether oxygens (including phenoxy) is 3. The van der Waals surface area contributed by atoms with Crippen molar-refractivity contribution in [2.24, 2.45) is 11.8 Å². The predicted molar refractivity (Wildman–Crippen MR) is 123 cm³/mol. The summed E-state index contributed by atoms with van der Waals surface area (Å²) in [7, 11) is 4.60. The molecule has 0 aromatic heterocycles. The van der Waals surface area contributed by atoms with E-state index in [0.29, 0.717) is 35.9 Å². The molecule has 0 spiro atoms. The number of carbonyl (C=O) groups is 2. The Kier molecular flexibility index (Phi) is 6.53. The molecule has 1 saturated carbocycles. The van der Waals surface area contributed by atoms with Crippen molar-refractivity contribution in [1.29, 1.82) is 0 Å². The average molecular weight is 439 g/mol. The molecule has 2 aromatic carbocycles. The molecule has 1 heterocycles. The van der Waals surface area contributed by atoms with Gasteiger partial charge in [0.05, 0.1) is 27.2 Å². The van der Waals surface area contributed by atoms with E-state index in [1.807, 2.05) is 23.1 Å². The van der Waals surface area contributed by atoms with Gasteiger partial charge in [-0.3, -0.25) is 9.59 Å². The SMILES string of the molecule is COc1cc(NC(=O)[C@@H]2CCCC[C@H]2C(=O)N2CCc3ccccc32)cc(OC)c1OC. The highest BCUT2D eigenvalue weighted by Gasteiger charge is 2.39. The molecule has 0 radical (unpaired) electrons. The summed E-state index contributed by atoms with van der Waals surface area (Å²) in [6, 6.07) is 11.4. The zero-order chi connectivity index (χ0) is 22.7. The van der Waals surface area contributed by atoms with E-state index in [-0.39, 0.29) is 23.7 Å². The van der Waals surface area contributed by atoms with E-state index in [1.54, 1.807) is 12.1 Å². The van der Waals surface area contributed by atoms with Crippen molar-refractivity contribution in [3.8, 4) is 17.2 Å². The summed E-state index contributed by atoms with van der Waals surface area (Å²) in [5.41, 5.74) is 2.72. The van der Waals surface area contributed by atoms with E-state index in [0.717, 1.165) is 31.4 Å². The van der Waals surface area contributed by atoms with E-state index in [2.05, 4.69) is 11.4 Å². The van der Waals surface area contributed by atoms with Gasteiger partial charge >= 0.3 is 0 Å². The molecule has 4 rings (SSSR count). The third-order valence-corrected chi connectivity index (χ3v) is 6.51. The van der Waals surface area contributed by atoms with Gasteiger partial charge in [-0.25, -0.2) is 0 Å². The second-order valence-electron chi connectivity index (χ2n) is 8.27. The first kappa shape index (κ1) is 22.0. The maximum Gasteiger partial charge on any atom is 0.230 e. The number of anilines is 2. The predicted octanol–water partition coefficient (Wildman–Crippen LogP) is 4.05. The average Bonchev–Trinajstić information content (AvgIpc) is 3.27. The zero-order valence-electron chi connectivity index (χ0n) is 18.8. The van der Waals surface area contributed by atoms with Crippen LogP contribution in [0.4, 0.5) is 11.4 Å². The number of hydrogen-bond acceptors (Lipinski definition) is 5. The Morgan fingerprint density at radius 1 is 0.938 bits per heavy atom. The molecule has 0 saturated heterocycles. The molecule has 2 aliphatic rings. The molecule has 1 fully saturated rings. The topological polar surface area (TPSA) is 77.1 Å². The van der Waals surface area contributed by atoms with Crippen molar-refractivity contribution >= 4 is 23.2 Å². The van der Waals surface area contributed by atoms with Gasteiger partial charge in [-0.2, -0.15) is 0 Å². The van der Waals surface area contributed by atoms with Crippen LogP contribution < -0.4 is 24.4 Å². The van der Waals surface area contributed by atoms with Crippen molar-refractivity contribution < 1.29 is 23.8 Å². The van der Waals surface area contributed by atoms with Crippen molar-refractivity contribution in [3.63, 3.8) is 0 Å². The molecule has 1 aliphatic heterocycles. The monoisotopic (exact) mass is 438 g/mol. The van der Waals surface area contributed by atoms with Crippen LogP contribution in [0.3, 0.4) is 0 Å². The molecule has 170 valence electrons. The van der Waals surface area contributed by atoms with Gasteiger partial charge < -0.3 is 24.4 Å². The van der Waals surface area contributed by atoms with E-state index in [9.17, 15) is 9.59 Å². The molecule has 7 nitrogen and oxygen atoms in total. The van der Waals surface area contributed by atoms with Gasteiger partial charge in [0.15, 0.2) is 11.5 Å². The Morgan fingerprint density at radius 3 is 2.25 bits per heavy atom. The standard InChI is InChI=1S/C25H30N2O5/c1-30-21-14-17(15-22(31-2)23(21)32-3)26-24(28)18-9-5-6-10-19(18)25(29)27-13-12-16-8-4-7-11-20(16)27/h4,7-8,11,14-15,18-19H,5-6,9-10,12-13H2,1-3H3,(H,26,28)/t18-,19-/m1/s1. The lowest BCUT2D eigenvalue weighted by atomic mass is 9.77. The van der Waals surface area contributed by atoms with Crippen LogP contribution in [0.1, 0.15) is 31.2 Å². The van der Waals surface area contributed by atoms with Crippen LogP contribution in [0.15, 0.2) is 36.4 Å². The van der Waals surface area contributed by atoms with Gasteiger partial charge in [0.2, 0.25) is 17.6 Å². The summed E-state index contributed by atoms with van der Waals surface area (Å²) in [6.45, 7) is 0.676. The largest absolute Gasteiger partial charge is 0.493 e. The molecular weight excluding hydrogens is 408 g/mol. The number of carbonyl (C=O) groups excluding carboxylic acids is 2. The van der Waals surface area contributed by atoms with Crippen LogP contribution in [0.2, 0.25) is 0 Å². The molecule has 32 heavy (non-hydrogen) atoms. The first-order chi connectivity index (χ1) is 15.6. The lowest BCUT2D eigenvalue weighted by Crippen LogP contribution is -2.43. The molecule has 7 heteroatoms. The number of fused-ring (bicyclic) bond motifs is 1. The van der Waals surface area contributed by atoms with Crippen LogP contribution in [0.5, 0.6) is 17.2 Å². The lowest BCUT2D eigenvalue weighted by molar-refractivity contribution is -0.132. The highest BCUT2D eigenvalue weighted by molar-refractivity contribution is 6.02. The normalized spacial score (nSPS) is 19.8. The second kappa shape index (κ2) is 9.51. The van der Waals surface area contributed by atoms with Crippen LogP contribution in [0.25, 0.3) is 0 Å². The summed E-state index contributed by atoms with van der Waals surface area (Å²) in [5.74, 6) is 0.607. The van der Waals surface area contributed by atoms with Gasteiger partial charge in [-0.05, 0) is 30.9 Å². The number of rotatable bonds is 6. The Labute approximate surface area is 188 Å². The maximum absolute atomic E-state index is 13.5. The van der Waals surface area contributed by atoms with Gasteiger partial charge in [0.25, 0.3) is 0 Å². The van der Waals surface area contributed by atoms with Crippen molar-refractivity contribution in [2.75, 3.05) is 38.1 Å². The number of nitrogens with zero attached hydrogens (tertiary/aromatic N) is 1. The number of benzene rings is 2. The minimum atomic E-state index is -0.372.